The lowest BCUT2D eigenvalue weighted by molar-refractivity contribution is 0.0684. The molecular weight excluding hydrogens is 316 g/mol. The Kier molecular flexibility index (Phi) is 5.06. The minimum atomic E-state index is -0.125. The van der Waals surface area contributed by atoms with E-state index in [0.29, 0.717) is 36.0 Å². The van der Waals surface area contributed by atoms with Crippen LogP contribution in [0.1, 0.15) is 54.7 Å². The standard InChI is InChI=1S/C19H26N4O2/c1-4-21(5-2)18(24)16-15-8-6-7-11-23(15)17(20-16)19(25)22-12-9-14(3)10-13-22/h6-8,11,14H,4-5,9-10,12-13H2,1-3H3. The number of aromatic nitrogens is 2. The first-order valence-corrected chi connectivity index (χ1v) is 9.12. The number of rotatable bonds is 4. The molecule has 0 radical (unpaired) electrons. The zero-order chi connectivity index (χ0) is 18.0. The van der Waals surface area contributed by atoms with Crippen molar-refractivity contribution in [2.45, 2.75) is 33.6 Å². The summed E-state index contributed by atoms with van der Waals surface area (Å²) in [6, 6.07) is 5.57. The average Bonchev–Trinajstić information content (AvgIpc) is 3.02. The van der Waals surface area contributed by atoms with Gasteiger partial charge in [0.15, 0.2) is 5.69 Å². The predicted octanol–water partition coefficient (Wildman–Crippen LogP) is 2.69. The number of amides is 2. The highest BCUT2D eigenvalue weighted by Crippen LogP contribution is 2.20. The smallest absolute Gasteiger partial charge is 0.290 e. The lowest BCUT2D eigenvalue weighted by atomic mass is 9.99. The van der Waals surface area contributed by atoms with Crippen LogP contribution in [-0.2, 0) is 0 Å². The molecule has 0 spiro atoms. The molecule has 134 valence electrons. The molecule has 0 atom stereocenters. The highest BCUT2D eigenvalue weighted by Gasteiger charge is 2.28. The van der Waals surface area contributed by atoms with E-state index in [-0.39, 0.29) is 11.8 Å². The number of imidazole rings is 1. The van der Waals surface area contributed by atoms with Crippen molar-refractivity contribution in [1.82, 2.24) is 19.2 Å². The Labute approximate surface area is 148 Å². The number of pyridine rings is 1. The largest absolute Gasteiger partial charge is 0.338 e. The van der Waals surface area contributed by atoms with Gasteiger partial charge in [0.25, 0.3) is 11.8 Å². The van der Waals surface area contributed by atoms with Crippen LogP contribution in [0.2, 0.25) is 0 Å². The molecule has 1 aliphatic rings. The van der Waals surface area contributed by atoms with Gasteiger partial charge in [-0.15, -0.1) is 0 Å². The first-order valence-electron chi connectivity index (χ1n) is 9.12. The fourth-order valence-corrected chi connectivity index (χ4v) is 3.36. The zero-order valence-corrected chi connectivity index (χ0v) is 15.2. The Morgan fingerprint density at radius 2 is 1.88 bits per heavy atom. The summed E-state index contributed by atoms with van der Waals surface area (Å²) in [7, 11) is 0. The third kappa shape index (κ3) is 3.25. The van der Waals surface area contributed by atoms with Crippen molar-refractivity contribution in [3.05, 3.63) is 35.9 Å². The highest BCUT2D eigenvalue weighted by molar-refractivity contribution is 6.02. The summed E-state index contributed by atoms with van der Waals surface area (Å²) in [5.74, 6) is 0.772. The molecule has 2 amide bonds. The molecule has 0 bridgehead atoms. The lowest BCUT2D eigenvalue weighted by Crippen LogP contribution is -2.38. The van der Waals surface area contributed by atoms with Crippen molar-refractivity contribution in [3.8, 4) is 0 Å². The molecule has 3 heterocycles. The van der Waals surface area contributed by atoms with Crippen LogP contribution in [-0.4, -0.2) is 57.2 Å². The second-order valence-corrected chi connectivity index (χ2v) is 6.69. The number of hydrogen-bond donors (Lipinski definition) is 0. The number of fused-ring (bicyclic) bond motifs is 1. The van der Waals surface area contributed by atoms with Crippen LogP contribution in [0.5, 0.6) is 0 Å². The van der Waals surface area contributed by atoms with Crippen molar-refractivity contribution in [3.63, 3.8) is 0 Å². The van der Waals surface area contributed by atoms with Gasteiger partial charge in [-0.25, -0.2) is 4.98 Å². The van der Waals surface area contributed by atoms with Gasteiger partial charge < -0.3 is 9.80 Å². The molecule has 1 aliphatic heterocycles. The van der Waals surface area contributed by atoms with E-state index in [0.717, 1.165) is 25.9 Å². The normalized spacial score (nSPS) is 15.6. The van der Waals surface area contributed by atoms with E-state index in [1.165, 1.54) is 0 Å². The molecule has 6 heteroatoms. The second kappa shape index (κ2) is 7.25. The Balaban J connectivity index is 1.99. The molecule has 25 heavy (non-hydrogen) atoms. The Hall–Kier alpha value is -2.37. The summed E-state index contributed by atoms with van der Waals surface area (Å²) < 4.78 is 1.75. The van der Waals surface area contributed by atoms with Gasteiger partial charge in [-0.1, -0.05) is 13.0 Å². The van der Waals surface area contributed by atoms with Gasteiger partial charge in [-0.2, -0.15) is 0 Å². The Morgan fingerprint density at radius 3 is 2.52 bits per heavy atom. The maximum absolute atomic E-state index is 13.0. The number of carbonyl (C=O) groups is 2. The van der Waals surface area contributed by atoms with E-state index in [1.54, 1.807) is 15.5 Å². The van der Waals surface area contributed by atoms with Gasteiger partial charge in [0.05, 0.1) is 5.52 Å². The Bertz CT molecular complexity index is 771. The molecule has 0 saturated carbocycles. The molecule has 3 rings (SSSR count). The van der Waals surface area contributed by atoms with Crippen LogP contribution in [0.15, 0.2) is 24.4 Å². The van der Waals surface area contributed by atoms with E-state index >= 15 is 0 Å². The summed E-state index contributed by atoms with van der Waals surface area (Å²) in [5.41, 5.74) is 1.05. The van der Waals surface area contributed by atoms with E-state index < -0.39 is 0 Å². The van der Waals surface area contributed by atoms with Crippen molar-refractivity contribution in [2.75, 3.05) is 26.2 Å². The number of nitrogens with zero attached hydrogens (tertiary/aromatic N) is 4. The first kappa shape index (κ1) is 17.5. The van der Waals surface area contributed by atoms with Crippen LogP contribution < -0.4 is 0 Å². The van der Waals surface area contributed by atoms with Crippen LogP contribution >= 0.6 is 0 Å². The highest BCUT2D eigenvalue weighted by atomic mass is 16.2. The third-order valence-electron chi connectivity index (χ3n) is 5.06. The fraction of sp³-hybridized carbons (Fsp3) is 0.526. The number of hydrogen-bond acceptors (Lipinski definition) is 3. The number of carbonyl (C=O) groups excluding carboxylic acids is 2. The average molecular weight is 342 g/mol. The number of likely N-dealkylation sites (tertiary alicyclic amines) is 1. The molecular formula is C19H26N4O2. The summed E-state index contributed by atoms with van der Waals surface area (Å²) in [5, 5.41) is 0. The van der Waals surface area contributed by atoms with Gasteiger partial charge in [0.1, 0.15) is 0 Å². The molecule has 2 aromatic rings. The second-order valence-electron chi connectivity index (χ2n) is 6.69. The zero-order valence-electron chi connectivity index (χ0n) is 15.2. The van der Waals surface area contributed by atoms with E-state index in [1.807, 2.05) is 36.9 Å². The summed E-state index contributed by atoms with van der Waals surface area (Å²) in [6.07, 6.45) is 3.84. The topological polar surface area (TPSA) is 57.9 Å². The van der Waals surface area contributed by atoms with Gasteiger partial charge in [0, 0.05) is 32.4 Å². The van der Waals surface area contributed by atoms with E-state index in [4.69, 9.17) is 0 Å². The predicted molar refractivity (Wildman–Crippen MR) is 96.7 cm³/mol. The number of piperidine rings is 1. The molecule has 1 fully saturated rings. The van der Waals surface area contributed by atoms with E-state index in [2.05, 4.69) is 11.9 Å². The molecule has 0 unspecified atom stereocenters. The summed E-state index contributed by atoms with van der Waals surface area (Å²) >= 11 is 0. The van der Waals surface area contributed by atoms with Crippen molar-refractivity contribution in [2.24, 2.45) is 5.92 Å². The van der Waals surface area contributed by atoms with Crippen LogP contribution in [0.4, 0.5) is 0 Å². The van der Waals surface area contributed by atoms with Gasteiger partial charge in [-0.3, -0.25) is 14.0 Å². The molecule has 0 aliphatic carbocycles. The SMILES string of the molecule is CCN(CC)C(=O)c1nc(C(=O)N2CCC(C)CC2)n2ccccc12. The van der Waals surface area contributed by atoms with Crippen molar-refractivity contribution >= 4 is 17.3 Å². The molecule has 2 aromatic heterocycles. The van der Waals surface area contributed by atoms with Crippen LogP contribution in [0.25, 0.3) is 5.52 Å². The molecule has 1 saturated heterocycles. The quantitative estimate of drug-likeness (QED) is 0.858. The molecule has 0 aromatic carbocycles. The van der Waals surface area contributed by atoms with Crippen LogP contribution in [0, 0.1) is 5.92 Å². The van der Waals surface area contributed by atoms with Crippen molar-refractivity contribution in [1.29, 1.82) is 0 Å². The van der Waals surface area contributed by atoms with Gasteiger partial charge in [-0.05, 0) is 44.7 Å². The maximum atomic E-state index is 13.0. The minimum absolute atomic E-state index is 0.0910. The Morgan fingerprint density at radius 1 is 1.20 bits per heavy atom. The minimum Gasteiger partial charge on any atom is -0.338 e. The van der Waals surface area contributed by atoms with E-state index in [9.17, 15) is 9.59 Å². The monoisotopic (exact) mass is 342 g/mol. The lowest BCUT2D eigenvalue weighted by Gasteiger charge is -2.29. The molecule has 0 N–H and O–H groups in total. The van der Waals surface area contributed by atoms with Gasteiger partial charge >= 0.3 is 0 Å². The maximum Gasteiger partial charge on any atom is 0.290 e. The first-order chi connectivity index (χ1) is 12.1. The summed E-state index contributed by atoms with van der Waals surface area (Å²) in [6.45, 7) is 8.85. The third-order valence-corrected chi connectivity index (χ3v) is 5.06. The fourth-order valence-electron chi connectivity index (χ4n) is 3.36. The van der Waals surface area contributed by atoms with Crippen molar-refractivity contribution < 1.29 is 9.59 Å². The van der Waals surface area contributed by atoms with Crippen LogP contribution in [0.3, 0.4) is 0 Å². The molecule has 6 nitrogen and oxygen atoms in total. The summed E-state index contributed by atoms with van der Waals surface area (Å²) in [4.78, 5) is 33.8. The van der Waals surface area contributed by atoms with Gasteiger partial charge in [0.2, 0.25) is 5.82 Å².